The van der Waals surface area contributed by atoms with Crippen LogP contribution in [0.15, 0.2) is 35.5 Å². The molecule has 0 aromatic carbocycles. The lowest BCUT2D eigenvalue weighted by Gasteiger charge is -2.62. The summed E-state index contributed by atoms with van der Waals surface area (Å²) in [6.45, 7) is 16.9. The van der Waals surface area contributed by atoms with E-state index >= 15 is 4.39 Å². The van der Waals surface area contributed by atoms with Crippen molar-refractivity contribution in [1.29, 1.82) is 0 Å². The molecule has 6 fully saturated rings. The summed E-state index contributed by atoms with van der Waals surface area (Å²) in [4.78, 5) is 52.3. The number of alkyl halides is 1. The number of rotatable bonds is 12. The predicted octanol–water partition coefficient (Wildman–Crippen LogP) is 10.2. The first-order valence-corrected chi connectivity index (χ1v) is 24.7. The Labute approximate surface area is 370 Å². The number of halogens is 1. The molecule has 0 amide bonds. The van der Waals surface area contributed by atoms with E-state index in [-0.39, 0.29) is 36.6 Å². The van der Waals surface area contributed by atoms with Gasteiger partial charge in [-0.3, -0.25) is 19.2 Å². The molecule has 16 atom stereocenters. The standard InChI is InChI=1S/C53H77FO8/c1-31(2)10-9-11-32(3)39-16-17-40-38-14-12-34-28-37(21-23-48(34,5)41(38)22-24-49(39,40)6)62-47(59)19-18-46(58)61-30-45(57)53(60)33(4)26-43-42-15-13-35-27-36(55)20-25-50(35,7)52(42,54)44(56)29-51(43,53)8/h12,20,25,27,31-33,37-44,56,60H,9-11,13-19,21-24,26,28-30H2,1-8H3/t32?,33-,37-,38?,39+,40-,41-,42+,43+,44?,48-,49+,50+,51+,52+,53+/m0/s1. The Morgan fingerprint density at radius 3 is 2.39 bits per heavy atom. The number of Topliss-reactive ketones (excluding diaryl/α,β-unsaturated/α-hetero) is 1. The van der Waals surface area contributed by atoms with Crippen LogP contribution in [-0.4, -0.2) is 63.8 Å². The van der Waals surface area contributed by atoms with Crippen molar-refractivity contribution in [1.82, 2.24) is 0 Å². The molecule has 8 aliphatic carbocycles. The van der Waals surface area contributed by atoms with E-state index in [4.69, 9.17) is 9.47 Å². The van der Waals surface area contributed by atoms with Gasteiger partial charge in [0.1, 0.15) is 11.7 Å². The van der Waals surface area contributed by atoms with Gasteiger partial charge in [0, 0.05) is 23.2 Å². The summed E-state index contributed by atoms with van der Waals surface area (Å²) in [5.41, 5.74) is -3.69. The molecule has 8 nitrogen and oxygen atoms in total. The summed E-state index contributed by atoms with van der Waals surface area (Å²) >= 11 is 0. The Hall–Kier alpha value is -2.65. The Morgan fingerprint density at radius 1 is 0.903 bits per heavy atom. The largest absolute Gasteiger partial charge is 0.462 e. The average Bonchev–Trinajstić information content (AvgIpc) is 3.67. The van der Waals surface area contributed by atoms with E-state index in [2.05, 4.69) is 40.7 Å². The highest BCUT2D eigenvalue weighted by Gasteiger charge is 2.75. The molecule has 0 radical (unpaired) electrons. The lowest BCUT2D eigenvalue weighted by Crippen LogP contribution is -2.69. The first-order chi connectivity index (χ1) is 29.1. The number of aliphatic hydroxyl groups is 2. The number of allylic oxidation sites excluding steroid dienone is 5. The second kappa shape index (κ2) is 16.3. The third-order valence-corrected chi connectivity index (χ3v) is 20.1. The number of esters is 2. The summed E-state index contributed by atoms with van der Waals surface area (Å²) in [5.74, 6) is 0.889. The average molecular weight is 861 g/mol. The molecule has 2 N–H and O–H groups in total. The fourth-order valence-corrected chi connectivity index (χ4v) is 16.7. The van der Waals surface area contributed by atoms with Gasteiger partial charge < -0.3 is 19.7 Å². The maximum absolute atomic E-state index is 17.5. The molecule has 0 aliphatic heterocycles. The highest BCUT2D eigenvalue weighted by atomic mass is 19.1. The lowest BCUT2D eigenvalue weighted by molar-refractivity contribution is -0.220. The highest BCUT2D eigenvalue weighted by molar-refractivity contribution is 6.01. The van der Waals surface area contributed by atoms with Crippen LogP contribution in [0.25, 0.3) is 0 Å². The summed E-state index contributed by atoms with van der Waals surface area (Å²) in [6.07, 6.45) is 19.0. The van der Waals surface area contributed by atoms with Crippen molar-refractivity contribution in [3.63, 3.8) is 0 Å². The zero-order valence-corrected chi connectivity index (χ0v) is 39.1. The second-order valence-corrected chi connectivity index (χ2v) is 23.4. The minimum Gasteiger partial charge on any atom is -0.462 e. The molecule has 3 unspecified atom stereocenters. The Morgan fingerprint density at radius 2 is 1.65 bits per heavy atom. The van der Waals surface area contributed by atoms with E-state index in [1.54, 1.807) is 26.8 Å². The monoisotopic (exact) mass is 861 g/mol. The van der Waals surface area contributed by atoms with Crippen molar-refractivity contribution in [2.75, 3.05) is 6.61 Å². The summed E-state index contributed by atoms with van der Waals surface area (Å²) < 4.78 is 28.9. The molecule has 9 heteroatoms. The zero-order valence-electron chi connectivity index (χ0n) is 39.1. The van der Waals surface area contributed by atoms with Crippen LogP contribution in [0.5, 0.6) is 0 Å². The fourth-order valence-electron chi connectivity index (χ4n) is 16.7. The topological polar surface area (TPSA) is 127 Å². The van der Waals surface area contributed by atoms with Gasteiger partial charge in [0.15, 0.2) is 18.1 Å². The van der Waals surface area contributed by atoms with E-state index in [9.17, 15) is 29.4 Å². The number of hydrogen-bond donors (Lipinski definition) is 2. The Kier molecular flexibility index (Phi) is 12.1. The Bertz CT molecular complexity index is 1900. The summed E-state index contributed by atoms with van der Waals surface area (Å²) in [7, 11) is 0. The van der Waals surface area contributed by atoms with Gasteiger partial charge in [-0.15, -0.1) is 0 Å². The van der Waals surface area contributed by atoms with Crippen molar-refractivity contribution in [2.45, 2.75) is 188 Å². The van der Waals surface area contributed by atoms with E-state index in [0.29, 0.717) is 36.2 Å². The first-order valence-electron chi connectivity index (χ1n) is 24.7. The van der Waals surface area contributed by atoms with Crippen molar-refractivity contribution in [3.05, 3.63) is 35.5 Å². The maximum Gasteiger partial charge on any atom is 0.306 e. The molecule has 62 heavy (non-hydrogen) atoms. The number of ketones is 2. The van der Waals surface area contributed by atoms with Crippen molar-refractivity contribution < 1.29 is 43.3 Å². The predicted molar refractivity (Wildman–Crippen MR) is 236 cm³/mol. The van der Waals surface area contributed by atoms with Crippen LogP contribution in [-0.2, 0) is 28.7 Å². The van der Waals surface area contributed by atoms with Crippen molar-refractivity contribution in [3.8, 4) is 0 Å². The second-order valence-electron chi connectivity index (χ2n) is 23.4. The van der Waals surface area contributed by atoms with Gasteiger partial charge in [-0.25, -0.2) is 4.39 Å². The minimum absolute atomic E-state index is 0.136. The number of carbonyl (C=O) groups excluding carboxylic acids is 4. The number of ether oxygens (including phenoxy) is 2. The third-order valence-electron chi connectivity index (χ3n) is 20.1. The molecule has 0 spiro atoms. The summed E-state index contributed by atoms with van der Waals surface area (Å²) in [5, 5.41) is 23.9. The number of carbonyl (C=O) groups is 4. The SMILES string of the molecule is CC(C)CCCC(C)[C@H]1CC[C@H]2C3CC=C4C[C@@H](OC(=O)CCC(=O)OCC(=O)[C@]5(O)[C@@H](C)C[C@@H]6[C@H]7CCC8=CC(=O)C=C[C@@]8(C)[C@]7(F)C(O)C[C@]65C)CC[C@]4(C)[C@H]3CC[C@]12C. The highest BCUT2D eigenvalue weighted by Crippen LogP contribution is 2.71. The molecule has 0 heterocycles. The van der Waals surface area contributed by atoms with Gasteiger partial charge in [-0.05, 0) is 148 Å². The van der Waals surface area contributed by atoms with Crippen LogP contribution in [0.2, 0.25) is 0 Å². The molecule has 8 aliphatic rings. The first kappa shape index (κ1) is 45.9. The van der Waals surface area contributed by atoms with Crippen molar-refractivity contribution in [2.24, 2.45) is 74.9 Å². The number of fused-ring (bicyclic) bond motifs is 10. The van der Waals surface area contributed by atoms with Gasteiger partial charge >= 0.3 is 11.9 Å². The molecule has 0 saturated heterocycles. The van der Waals surface area contributed by atoms with Crippen LogP contribution >= 0.6 is 0 Å². The number of aliphatic hydroxyl groups excluding tert-OH is 1. The van der Waals surface area contributed by atoms with Crippen molar-refractivity contribution >= 4 is 23.5 Å². The zero-order chi connectivity index (χ0) is 44.8. The molecule has 0 aromatic rings. The van der Waals surface area contributed by atoms with Crippen LogP contribution in [0.3, 0.4) is 0 Å². The van der Waals surface area contributed by atoms with E-state index in [0.717, 1.165) is 55.3 Å². The van der Waals surface area contributed by atoms with Gasteiger partial charge in [0.2, 0.25) is 5.78 Å². The van der Waals surface area contributed by atoms with Crippen LogP contribution in [0.1, 0.15) is 165 Å². The van der Waals surface area contributed by atoms with Gasteiger partial charge in [-0.1, -0.05) is 91.0 Å². The van der Waals surface area contributed by atoms with E-state index in [1.807, 2.05) is 0 Å². The quantitative estimate of drug-likeness (QED) is 0.147. The fraction of sp³-hybridized carbons (Fsp3) is 0.811. The third kappa shape index (κ3) is 6.99. The summed E-state index contributed by atoms with van der Waals surface area (Å²) in [6, 6.07) is 0. The molecule has 0 aromatic heterocycles. The maximum atomic E-state index is 17.5. The molecule has 6 saturated carbocycles. The molecule has 8 rings (SSSR count). The van der Waals surface area contributed by atoms with Crippen LogP contribution < -0.4 is 0 Å². The molecular weight excluding hydrogens is 784 g/mol. The molecular formula is C53H77FO8. The van der Waals surface area contributed by atoms with E-state index in [1.165, 1.54) is 62.7 Å². The molecule has 0 bridgehead atoms. The van der Waals surface area contributed by atoms with Gasteiger partial charge in [-0.2, -0.15) is 0 Å². The lowest BCUT2D eigenvalue weighted by atomic mass is 9.44. The van der Waals surface area contributed by atoms with E-state index < -0.39 is 70.3 Å². The normalized spacial score (nSPS) is 45.9. The van der Waals surface area contributed by atoms with Gasteiger partial charge in [0.25, 0.3) is 0 Å². The van der Waals surface area contributed by atoms with Crippen LogP contribution in [0.4, 0.5) is 4.39 Å². The van der Waals surface area contributed by atoms with Crippen LogP contribution in [0, 0.1) is 74.9 Å². The smallest absolute Gasteiger partial charge is 0.306 e. The number of hydrogen-bond acceptors (Lipinski definition) is 8. The van der Waals surface area contributed by atoms with Gasteiger partial charge in [0.05, 0.1) is 18.9 Å². The minimum atomic E-state index is -2.08. The molecule has 344 valence electrons. The Balaban J connectivity index is 0.825.